The zero-order valence-electron chi connectivity index (χ0n) is 17.7. The van der Waals surface area contributed by atoms with Gasteiger partial charge < -0.3 is 10.1 Å². The van der Waals surface area contributed by atoms with Gasteiger partial charge in [0.15, 0.2) is 0 Å². The minimum absolute atomic E-state index is 0.0120. The monoisotopic (exact) mass is 438 g/mol. The molecule has 3 rings (SSSR count). The van der Waals surface area contributed by atoms with Gasteiger partial charge in [0.05, 0.1) is 0 Å². The molecule has 1 heterocycles. The van der Waals surface area contributed by atoms with Crippen molar-refractivity contribution in [1.82, 2.24) is 10.3 Å². The van der Waals surface area contributed by atoms with Crippen LogP contribution in [0.5, 0.6) is 5.75 Å². The van der Waals surface area contributed by atoms with E-state index in [9.17, 15) is 18.4 Å². The average molecular weight is 438 g/mol. The topological polar surface area (TPSA) is 68.3 Å². The number of halogens is 2. The summed E-state index contributed by atoms with van der Waals surface area (Å²) >= 11 is 0. The van der Waals surface area contributed by atoms with Gasteiger partial charge in [0.2, 0.25) is 11.4 Å². The number of hydrogen-bond acceptors (Lipinski definition) is 4. The van der Waals surface area contributed by atoms with Gasteiger partial charge in [-0.25, -0.2) is 4.39 Å². The van der Waals surface area contributed by atoms with Gasteiger partial charge in [-0.15, -0.1) is 0 Å². The third-order valence-corrected chi connectivity index (χ3v) is 5.01. The zero-order chi connectivity index (χ0) is 23.0. The maximum Gasteiger partial charge on any atom is 0.337 e. The number of hydrogen-bond donors (Lipinski definition) is 1. The second-order valence-electron chi connectivity index (χ2n) is 7.31. The molecule has 1 aromatic heterocycles. The Balaban J connectivity index is 2.03. The molecule has 7 heteroatoms. The van der Waals surface area contributed by atoms with Crippen LogP contribution in [0.3, 0.4) is 0 Å². The van der Waals surface area contributed by atoms with E-state index >= 15 is 0 Å². The Morgan fingerprint density at radius 3 is 2.53 bits per heavy atom. The van der Waals surface area contributed by atoms with E-state index in [0.717, 1.165) is 18.1 Å². The Labute approximate surface area is 185 Å². The van der Waals surface area contributed by atoms with E-state index in [4.69, 9.17) is 4.74 Å². The smallest absolute Gasteiger partial charge is 0.337 e. The number of nitrogens with zero attached hydrogens (tertiary/aromatic N) is 1. The SMILES string of the molecule is CCCCC(=O)NC(C(=O)F)(c1cccc(OCc2ccccc2)c1)c1ncccc1F. The Morgan fingerprint density at radius 1 is 1.06 bits per heavy atom. The first-order valence-corrected chi connectivity index (χ1v) is 10.4. The fraction of sp³-hybridized carbons (Fsp3) is 0.240. The average Bonchev–Trinajstić information content (AvgIpc) is 2.81. The summed E-state index contributed by atoms with van der Waals surface area (Å²) in [6.07, 6.45) is 2.56. The first kappa shape index (κ1) is 23.1. The van der Waals surface area contributed by atoms with Crippen LogP contribution in [0.4, 0.5) is 8.78 Å². The van der Waals surface area contributed by atoms with Crippen LogP contribution in [0.2, 0.25) is 0 Å². The minimum atomic E-state index is -2.43. The molecule has 1 unspecified atom stereocenters. The molecule has 32 heavy (non-hydrogen) atoms. The zero-order valence-corrected chi connectivity index (χ0v) is 17.7. The second-order valence-corrected chi connectivity index (χ2v) is 7.31. The van der Waals surface area contributed by atoms with E-state index in [-0.39, 0.29) is 18.6 Å². The highest BCUT2D eigenvalue weighted by atomic mass is 19.1. The second kappa shape index (κ2) is 10.6. The molecular weight excluding hydrogens is 414 g/mol. The summed E-state index contributed by atoms with van der Waals surface area (Å²) in [7, 11) is 0. The van der Waals surface area contributed by atoms with Gasteiger partial charge >= 0.3 is 6.04 Å². The van der Waals surface area contributed by atoms with Crippen LogP contribution in [0.15, 0.2) is 72.9 Å². The van der Waals surface area contributed by atoms with Gasteiger partial charge in [0.25, 0.3) is 0 Å². The molecule has 3 aromatic rings. The number of aromatic nitrogens is 1. The third kappa shape index (κ3) is 5.17. The van der Waals surface area contributed by atoms with Crippen LogP contribution in [0, 0.1) is 5.82 Å². The van der Waals surface area contributed by atoms with E-state index in [1.807, 2.05) is 37.3 Å². The van der Waals surface area contributed by atoms with Gasteiger partial charge in [0.1, 0.15) is 23.9 Å². The maximum absolute atomic E-state index is 14.7. The molecule has 1 N–H and O–H groups in total. The minimum Gasteiger partial charge on any atom is -0.489 e. The van der Waals surface area contributed by atoms with E-state index in [1.54, 1.807) is 12.1 Å². The fourth-order valence-electron chi connectivity index (χ4n) is 3.35. The Bertz CT molecular complexity index is 1080. The molecule has 0 aliphatic carbocycles. The Morgan fingerprint density at radius 2 is 1.84 bits per heavy atom. The normalized spacial score (nSPS) is 12.6. The highest BCUT2D eigenvalue weighted by Gasteiger charge is 2.47. The van der Waals surface area contributed by atoms with Crippen LogP contribution in [-0.4, -0.2) is 16.9 Å². The fourth-order valence-corrected chi connectivity index (χ4v) is 3.35. The molecule has 0 radical (unpaired) electrons. The molecule has 2 aromatic carbocycles. The van der Waals surface area contributed by atoms with Crippen LogP contribution in [0.25, 0.3) is 0 Å². The molecule has 5 nitrogen and oxygen atoms in total. The number of unbranched alkanes of at least 4 members (excludes halogenated alkanes) is 1. The van der Waals surface area contributed by atoms with Crippen molar-refractivity contribution in [3.8, 4) is 5.75 Å². The lowest BCUT2D eigenvalue weighted by Gasteiger charge is -2.30. The predicted molar refractivity (Wildman–Crippen MR) is 116 cm³/mol. The molecule has 0 aliphatic rings. The van der Waals surface area contributed by atoms with Crippen LogP contribution in [-0.2, 0) is 21.7 Å². The van der Waals surface area contributed by atoms with E-state index in [1.165, 1.54) is 24.4 Å². The summed E-state index contributed by atoms with van der Waals surface area (Å²) in [6, 6.07) is 15.9. The lowest BCUT2D eigenvalue weighted by molar-refractivity contribution is -0.139. The van der Waals surface area contributed by atoms with Gasteiger partial charge in [-0.3, -0.25) is 14.6 Å². The number of pyridine rings is 1. The van der Waals surface area contributed by atoms with Crippen LogP contribution in [0.1, 0.15) is 43.0 Å². The molecule has 0 fully saturated rings. The highest BCUT2D eigenvalue weighted by molar-refractivity contribution is 5.91. The van der Waals surface area contributed by atoms with Crippen molar-refractivity contribution in [2.24, 2.45) is 0 Å². The van der Waals surface area contributed by atoms with Gasteiger partial charge in [-0.1, -0.05) is 55.8 Å². The van der Waals surface area contributed by atoms with Crippen molar-refractivity contribution < 1.29 is 23.1 Å². The molecule has 0 aliphatic heterocycles. The summed E-state index contributed by atoms with van der Waals surface area (Å²) in [4.78, 5) is 28.9. The number of amides is 1. The molecule has 166 valence electrons. The Hall–Kier alpha value is -3.61. The lowest BCUT2D eigenvalue weighted by atomic mass is 9.85. The van der Waals surface area contributed by atoms with E-state index < -0.39 is 29.0 Å². The maximum atomic E-state index is 14.7. The van der Waals surface area contributed by atoms with E-state index in [0.29, 0.717) is 12.2 Å². The molecular formula is C25H24F2N2O3. The summed E-state index contributed by atoms with van der Waals surface area (Å²) in [5, 5.41) is 2.42. The highest BCUT2D eigenvalue weighted by Crippen LogP contribution is 2.34. The number of benzene rings is 2. The van der Waals surface area contributed by atoms with Crippen molar-refractivity contribution in [3.05, 3.63) is 95.6 Å². The van der Waals surface area contributed by atoms with Gasteiger partial charge in [-0.05, 0) is 41.8 Å². The Kier molecular flexibility index (Phi) is 7.65. The molecule has 0 spiro atoms. The predicted octanol–water partition coefficient (Wildman–Crippen LogP) is 4.85. The molecule has 0 bridgehead atoms. The van der Waals surface area contributed by atoms with Gasteiger partial charge in [0, 0.05) is 12.6 Å². The van der Waals surface area contributed by atoms with Crippen molar-refractivity contribution in [2.75, 3.05) is 0 Å². The quantitative estimate of drug-likeness (QED) is 0.460. The van der Waals surface area contributed by atoms with Crippen molar-refractivity contribution >= 4 is 11.9 Å². The summed E-state index contributed by atoms with van der Waals surface area (Å²) in [5.41, 5.74) is -2.02. The number of ether oxygens (including phenoxy) is 1. The van der Waals surface area contributed by atoms with Gasteiger partial charge in [-0.2, -0.15) is 4.39 Å². The molecule has 1 atom stereocenters. The van der Waals surface area contributed by atoms with Crippen LogP contribution >= 0.6 is 0 Å². The third-order valence-electron chi connectivity index (χ3n) is 5.01. The van der Waals surface area contributed by atoms with E-state index in [2.05, 4.69) is 10.3 Å². The van der Waals surface area contributed by atoms with Crippen LogP contribution < -0.4 is 10.1 Å². The number of carbonyl (C=O) groups is 2. The summed E-state index contributed by atoms with van der Waals surface area (Å²) < 4.78 is 35.3. The standard InChI is InChI=1S/C25H24F2N2O3/c1-2-3-14-22(30)29-25(24(27)31,23-21(26)13-8-15-28-23)19-11-7-12-20(16-19)32-17-18-9-5-4-6-10-18/h4-13,15-16H,2-3,14,17H2,1H3,(H,29,30). The van der Waals surface area contributed by atoms with Crippen molar-refractivity contribution in [3.63, 3.8) is 0 Å². The number of carbonyl (C=O) groups excluding carboxylic acids is 2. The summed E-state index contributed by atoms with van der Waals surface area (Å²) in [5.74, 6) is -1.17. The van der Waals surface area contributed by atoms with Crippen molar-refractivity contribution in [1.29, 1.82) is 0 Å². The summed E-state index contributed by atoms with van der Waals surface area (Å²) in [6.45, 7) is 2.13. The van der Waals surface area contributed by atoms with Crippen molar-refractivity contribution in [2.45, 2.75) is 38.3 Å². The first-order valence-electron chi connectivity index (χ1n) is 10.4. The lowest BCUT2D eigenvalue weighted by Crippen LogP contribution is -2.52. The number of rotatable bonds is 10. The molecule has 0 saturated heterocycles. The largest absolute Gasteiger partial charge is 0.489 e. The molecule has 0 saturated carbocycles. The molecule has 1 amide bonds. The first-order chi connectivity index (χ1) is 15.5. The number of nitrogens with one attached hydrogen (secondary N) is 1.